The number of rotatable bonds is 1. The summed E-state index contributed by atoms with van der Waals surface area (Å²) in [5.74, 6) is 4.55. The zero-order valence-corrected chi connectivity index (χ0v) is 6.24. The Morgan fingerprint density at radius 3 is 2.50 bits per heavy atom. The van der Waals surface area contributed by atoms with Crippen molar-refractivity contribution in [2.75, 3.05) is 0 Å². The summed E-state index contributed by atoms with van der Waals surface area (Å²) in [4.78, 5) is 0. The molecule has 0 saturated carbocycles. The van der Waals surface area contributed by atoms with E-state index in [0.717, 1.165) is 0 Å². The Morgan fingerprint density at radius 1 is 1.50 bits per heavy atom. The Morgan fingerprint density at radius 2 is 2.25 bits per heavy atom. The second kappa shape index (κ2) is 2.50. The van der Waals surface area contributed by atoms with Gasteiger partial charge in [-0.15, -0.1) is 0 Å². The molecule has 0 spiro atoms. The molecule has 49 valence electrons. The first-order valence-corrected chi connectivity index (χ1v) is 4.98. The molecule has 0 aromatic carbocycles. The van der Waals surface area contributed by atoms with Crippen LogP contribution in [-0.2, 0) is 13.4 Å². The van der Waals surface area contributed by atoms with Gasteiger partial charge in [0, 0.05) is 0 Å². The van der Waals surface area contributed by atoms with Crippen LogP contribution in [0.1, 0.15) is 6.42 Å². The first-order valence-electron chi connectivity index (χ1n) is 2.51. The van der Waals surface area contributed by atoms with Crippen LogP contribution in [0, 0.1) is 0 Å². The summed E-state index contributed by atoms with van der Waals surface area (Å²) in [6.07, 6.45) is 7.79. The van der Waals surface area contributed by atoms with Crippen LogP contribution in [0.15, 0.2) is 22.8 Å². The Bertz CT molecular complexity index is 131. The number of hydrogen-bond acceptors (Lipinski definition) is 0. The molecule has 0 unspecified atom stereocenters. The standard InChI is InChI=1S/C5H5.2CH3.Ni/c1-2-4-5-3-1;;;/h1-3H,4H2;2*1H3;. The summed E-state index contributed by atoms with van der Waals surface area (Å²) >= 11 is 0.391. The molecular formula is C7H11Ni. The van der Waals surface area contributed by atoms with Crippen LogP contribution in [0.3, 0.4) is 0 Å². The van der Waals surface area contributed by atoms with Crippen LogP contribution < -0.4 is 0 Å². The fourth-order valence-electron chi connectivity index (χ4n) is 0.642. The third-order valence-electron chi connectivity index (χ3n) is 1.11. The predicted octanol–water partition coefficient (Wildman–Crippen LogP) is 2.54. The summed E-state index contributed by atoms with van der Waals surface area (Å²) in [6, 6.07) is 0. The molecule has 0 fully saturated rings. The molecule has 0 atom stereocenters. The van der Waals surface area contributed by atoms with E-state index in [4.69, 9.17) is 0 Å². The van der Waals surface area contributed by atoms with Crippen LogP contribution >= 0.6 is 0 Å². The Kier molecular flexibility index (Phi) is 1.91. The summed E-state index contributed by atoms with van der Waals surface area (Å²) < 4.78 is 1.60. The third kappa shape index (κ3) is 1.23. The molecule has 1 aliphatic carbocycles. The summed E-state index contributed by atoms with van der Waals surface area (Å²) in [7, 11) is 0. The van der Waals surface area contributed by atoms with Crippen molar-refractivity contribution in [1.82, 2.24) is 0 Å². The summed E-state index contributed by atoms with van der Waals surface area (Å²) in [5.41, 5.74) is 0. The van der Waals surface area contributed by atoms with E-state index in [1.165, 1.54) is 6.42 Å². The van der Waals surface area contributed by atoms with Gasteiger partial charge in [0.1, 0.15) is 0 Å². The molecular weight excluding hydrogens is 143 g/mol. The van der Waals surface area contributed by atoms with Gasteiger partial charge in [-0.3, -0.25) is 0 Å². The molecule has 0 aliphatic heterocycles. The first-order chi connectivity index (χ1) is 3.80. The van der Waals surface area contributed by atoms with Gasteiger partial charge in [-0.05, 0) is 0 Å². The normalized spacial score (nSPS) is 18.8. The van der Waals surface area contributed by atoms with Crippen LogP contribution in [0.5, 0.6) is 0 Å². The molecule has 0 aromatic heterocycles. The van der Waals surface area contributed by atoms with E-state index in [2.05, 4.69) is 30.0 Å². The van der Waals surface area contributed by atoms with E-state index in [1.54, 1.807) is 4.54 Å². The van der Waals surface area contributed by atoms with Gasteiger partial charge in [-0.1, -0.05) is 0 Å². The van der Waals surface area contributed by atoms with Crippen molar-refractivity contribution in [3.63, 3.8) is 0 Å². The molecule has 0 N–H and O–H groups in total. The van der Waals surface area contributed by atoms with Gasteiger partial charge >= 0.3 is 54.4 Å². The van der Waals surface area contributed by atoms with Crippen LogP contribution in [0.25, 0.3) is 0 Å². The minimum atomic E-state index is 0.391. The van der Waals surface area contributed by atoms with Crippen molar-refractivity contribution < 1.29 is 13.4 Å². The van der Waals surface area contributed by atoms with Crippen molar-refractivity contribution in [2.45, 2.75) is 18.2 Å². The number of allylic oxidation sites excluding steroid dienone is 4. The Hall–Kier alpha value is -0.0265. The second-order valence-corrected chi connectivity index (χ2v) is 4.45. The first kappa shape index (κ1) is 6.10. The van der Waals surface area contributed by atoms with Gasteiger partial charge in [0.25, 0.3) is 0 Å². The molecule has 0 bridgehead atoms. The average molecular weight is 154 g/mol. The van der Waals surface area contributed by atoms with E-state index in [1.807, 2.05) is 0 Å². The molecule has 0 heterocycles. The van der Waals surface area contributed by atoms with Crippen molar-refractivity contribution in [3.05, 3.63) is 22.8 Å². The van der Waals surface area contributed by atoms with E-state index in [-0.39, 0.29) is 0 Å². The molecule has 8 heavy (non-hydrogen) atoms. The van der Waals surface area contributed by atoms with Crippen molar-refractivity contribution >= 4 is 0 Å². The molecule has 1 rings (SSSR count). The fraction of sp³-hybridized carbons (Fsp3) is 0.429. The van der Waals surface area contributed by atoms with Crippen LogP contribution in [0.4, 0.5) is 0 Å². The molecule has 0 radical (unpaired) electrons. The quantitative estimate of drug-likeness (QED) is 0.509. The predicted molar refractivity (Wildman–Crippen MR) is 33.6 cm³/mol. The van der Waals surface area contributed by atoms with E-state index in [9.17, 15) is 0 Å². The van der Waals surface area contributed by atoms with Gasteiger partial charge in [-0.2, -0.15) is 0 Å². The maximum atomic E-state index is 2.28. The summed E-state index contributed by atoms with van der Waals surface area (Å²) in [5, 5.41) is 0. The van der Waals surface area contributed by atoms with Gasteiger partial charge in [0.05, 0.1) is 0 Å². The zero-order valence-electron chi connectivity index (χ0n) is 5.26. The minimum absolute atomic E-state index is 0.391. The number of hydrogen-bond donors (Lipinski definition) is 0. The SMILES string of the molecule is [CH3][Ni]([CH3])[C]1=CC=CC1. The van der Waals surface area contributed by atoms with E-state index < -0.39 is 0 Å². The Balaban J connectivity index is 2.51. The van der Waals surface area contributed by atoms with Gasteiger partial charge < -0.3 is 0 Å². The van der Waals surface area contributed by atoms with Crippen LogP contribution in [0.2, 0.25) is 11.8 Å². The molecule has 0 aromatic rings. The van der Waals surface area contributed by atoms with E-state index in [0.29, 0.717) is 13.4 Å². The summed E-state index contributed by atoms with van der Waals surface area (Å²) in [6.45, 7) is 0. The van der Waals surface area contributed by atoms with Crippen molar-refractivity contribution in [2.24, 2.45) is 0 Å². The molecule has 0 amide bonds. The topological polar surface area (TPSA) is 0 Å². The Labute approximate surface area is 54.9 Å². The molecule has 1 heteroatoms. The fourth-order valence-corrected chi connectivity index (χ4v) is 1.59. The molecule has 0 nitrogen and oxygen atoms in total. The van der Waals surface area contributed by atoms with Crippen LogP contribution in [-0.4, -0.2) is 0 Å². The molecule has 1 aliphatic rings. The third-order valence-corrected chi connectivity index (χ3v) is 2.74. The van der Waals surface area contributed by atoms with Crippen molar-refractivity contribution in [1.29, 1.82) is 0 Å². The molecule has 0 saturated heterocycles. The van der Waals surface area contributed by atoms with Gasteiger partial charge in [0.2, 0.25) is 0 Å². The van der Waals surface area contributed by atoms with Crippen molar-refractivity contribution in [3.8, 4) is 0 Å². The zero-order chi connectivity index (χ0) is 5.98. The maximum absolute atomic E-state index is 2.28. The van der Waals surface area contributed by atoms with Gasteiger partial charge in [0.15, 0.2) is 0 Å². The van der Waals surface area contributed by atoms with Gasteiger partial charge in [-0.25, -0.2) is 0 Å². The second-order valence-electron chi connectivity index (χ2n) is 1.84. The average Bonchev–Trinajstić information content (AvgIpc) is 2.12. The monoisotopic (exact) mass is 153 g/mol. The van der Waals surface area contributed by atoms with E-state index >= 15 is 0 Å².